The molecule has 2 rings (SSSR count). The van der Waals surface area contributed by atoms with Crippen LogP contribution >= 0.6 is 23.2 Å². The first kappa shape index (κ1) is 15.4. The molecule has 0 heterocycles. The third kappa shape index (κ3) is 4.27. The molecule has 4 nitrogen and oxygen atoms in total. The molecule has 0 bridgehead atoms. The van der Waals surface area contributed by atoms with Gasteiger partial charge in [0.2, 0.25) is 0 Å². The van der Waals surface area contributed by atoms with Crippen molar-refractivity contribution in [2.45, 2.75) is 37.8 Å². The largest absolute Gasteiger partial charge is 0.335 e. The Bertz CT molecular complexity index is 473. The molecule has 0 aliphatic heterocycles. The van der Waals surface area contributed by atoms with Gasteiger partial charge in [-0.15, -0.1) is 0 Å². The fourth-order valence-electron chi connectivity index (χ4n) is 2.46. The lowest BCUT2D eigenvalue weighted by Gasteiger charge is -2.28. The smallest absolute Gasteiger partial charge is 0.319 e. The summed E-state index contributed by atoms with van der Waals surface area (Å²) in [4.78, 5) is 12.0. The predicted molar refractivity (Wildman–Crippen MR) is 83.7 cm³/mol. The van der Waals surface area contributed by atoms with E-state index >= 15 is 0 Å². The zero-order chi connectivity index (χ0) is 14.5. The van der Waals surface area contributed by atoms with Gasteiger partial charge in [-0.3, -0.25) is 0 Å². The number of hydrogen-bond acceptors (Lipinski definition) is 2. The summed E-state index contributed by atoms with van der Waals surface area (Å²) in [6.45, 7) is 0. The standard InChI is InChI=1S/C14H19Cl2N3O/c1-17-10-3-5-11(6-4-10)18-14(20)19-13-8-9(15)2-7-12(13)16/h2,7-8,10-11,17H,3-6H2,1H3,(H2,18,19,20). The summed E-state index contributed by atoms with van der Waals surface area (Å²) in [5.41, 5.74) is 0.528. The summed E-state index contributed by atoms with van der Waals surface area (Å²) in [5, 5.41) is 10.0. The van der Waals surface area contributed by atoms with E-state index in [1.807, 2.05) is 7.05 Å². The number of amides is 2. The molecule has 0 atom stereocenters. The van der Waals surface area contributed by atoms with Crippen molar-refractivity contribution in [3.63, 3.8) is 0 Å². The van der Waals surface area contributed by atoms with Gasteiger partial charge in [0.15, 0.2) is 0 Å². The van der Waals surface area contributed by atoms with Crippen molar-refractivity contribution in [3.05, 3.63) is 28.2 Å². The van der Waals surface area contributed by atoms with Gasteiger partial charge in [-0.05, 0) is 50.9 Å². The Kier molecular flexibility index (Phi) is 5.52. The van der Waals surface area contributed by atoms with Crippen LogP contribution in [0.2, 0.25) is 10.0 Å². The normalized spacial score (nSPS) is 22.4. The molecule has 0 saturated heterocycles. The van der Waals surface area contributed by atoms with Crippen molar-refractivity contribution in [3.8, 4) is 0 Å². The molecule has 1 aromatic rings. The molecular formula is C14H19Cl2N3O. The molecule has 0 unspecified atom stereocenters. The number of hydrogen-bond donors (Lipinski definition) is 3. The molecule has 1 saturated carbocycles. The van der Waals surface area contributed by atoms with Gasteiger partial charge >= 0.3 is 6.03 Å². The Balaban J connectivity index is 1.85. The highest BCUT2D eigenvalue weighted by Crippen LogP contribution is 2.25. The van der Waals surface area contributed by atoms with Crippen LogP contribution in [-0.2, 0) is 0 Å². The second kappa shape index (κ2) is 7.16. The van der Waals surface area contributed by atoms with Crippen LogP contribution in [0.25, 0.3) is 0 Å². The molecule has 20 heavy (non-hydrogen) atoms. The Hall–Kier alpha value is -0.970. The lowest BCUT2D eigenvalue weighted by atomic mass is 9.91. The number of halogens is 2. The maximum absolute atomic E-state index is 12.0. The van der Waals surface area contributed by atoms with Gasteiger partial charge in [0.05, 0.1) is 10.7 Å². The van der Waals surface area contributed by atoms with Crippen molar-refractivity contribution in [2.24, 2.45) is 0 Å². The average Bonchev–Trinajstić information content (AvgIpc) is 2.43. The first-order valence-electron chi connectivity index (χ1n) is 6.78. The van der Waals surface area contributed by atoms with Crippen molar-refractivity contribution in [1.29, 1.82) is 0 Å². The minimum absolute atomic E-state index is 0.220. The SMILES string of the molecule is CNC1CCC(NC(=O)Nc2cc(Cl)ccc2Cl)CC1. The molecule has 2 amide bonds. The van der Waals surface area contributed by atoms with E-state index in [1.165, 1.54) is 0 Å². The summed E-state index contributed by atoms with van der Waals surface area (Å²) in [6.07, 6.45) is 4.14. The van der Waals surface area contributed by atoms with Crippen LogP contribution < -0.4 is 16.0 Å². The van der Waals surface area contributed by atoms with Crippen LogP contribution in [0, 0.1) is 0 Å². The van der Waals surface area contributed by atoms with Crippen LogP contribution in [0.1, 0.15) is 25.7 Å². The van der Waals surface area contributed by atoms with Gasteiger partial charge in [-0.25, -0.2) is 4.79 Å². The maximum Gasteiger partial charge on any atom is 0.319 e. The number of carbonyl (C=O) groups excluding carboxylic acids is 1. The molecule has 1 aliphatic rings. The number of urea groups is 1. The fourth-order valence-corrected chi connectivity index (χ4v) is 2.80. The van der Waals surface area contributed by atoms with Crippen LogP contribution in [0.3, 0.4) is 0 Å². The van der Waals surface area contributed by atoms with E-state index in [-0.39, 0.29) is 12.1 Å². The quantitative estimate of drug-likeness (QED) is 0.797. The van der Waals surface area contributed by atoms with E-state index in [0.717, 1.165) is 25.7 Å². The first-order valence-corrected chi connectivity index (χ1v) is 7.54. The summed E-state index contributed by atoms with van der Waals surface area (Å²) < 4.78 is 0. The highest BCUT2D eigenvalue weighted by molar-refractivity contribution is 6.35. The van der Waals surface area contributed by atoms with E-state index < -0.39 is 0 Å². The van der Waals surface area contributed by atoms with Gasteiger partial charge in [-0.2, -0.15) is 0 Å². The summed E-state index contributed by atoms with van der Waals surface area (Å²) in [5.74, 6) is 0. The van der Waals surface area contributed by atoms with E-state index in [4.69, 9.17) is 23.2 Å². The number of carbonyl (C=O) groups is 1. The maximum atomic E-state index is 12.0. The molecule has 3 N–H and O–H groups in total. The summed E-state index contributed by atoms with van der Waals surface area (Å²) in [7, 11) is 1.98. The van der Waals surface area contributed by atoms with E-state index in [2.05, 4.69) is 16.0 Å². The zero-order valence-electron chi connectivity index (χ0n) is 11.4. The van der Waals surface area contributed by atoms with E-state index in [9.17, 15) is 4.79 Å². The highest BCUT2D eigenvalue weighted by atomic mass is 35.5. The van der Waals surface area contributed by atoms with Crippen molar-refractivity contribution in [2.75, 3.05) is 12.4 Å². The van der Waals surface area contributed by atoms with Crippen LogP contribution in [0.5, 0.6) is 0 Å². The Morgan fingerprint density at radius 3 is 2.45 bits per heavy atom. The molecule has 1 aliphatic carbocycles. The zero-order valence-corrected chi connectivity index (χ0v) is 12.9. The number of anilines is 1. The number of benzene rings is 1. The van der Waals surface area contributed by atoms with Gasteiger partial charge in [-0.1, -0.05) is 23.2 Å². The van der Waals surface area contributed by atoms with Gasteiger partial charge in [0, 0.05) is 17.1 Å². The Labute approximate surface area is 129 Å². The minimum Gasteiger partial charge on any atom is -0.335 e. The third-order valence-electron chi connectivity index (χ3n) is 3.65. The van der Waals surface area contributed by atoms with Gasteiger partial charge in [0.25, 0.3) is 0 Å². The number of nitrogens with one attached hydrogen (secondary N) is 3. The Morgan fingerprint density at radius 1 is 1.15 bits per heavy atom. The molecule has 6 heteroatoms. The summed E-state index contributed by atoms with van der Waals surface area (Å²) >= 11 is 11.9. The second-order valence-corrected chi connectivity index (χ2v) is 5.90. The van der Waals surface area contributed by atoms with Crippen molar-refractivity contribution in [1.82, 2.24) is 10.6 Å². The molecule has 1 fully saturated rings. The van der Waals surface area contributed by atoms with Gasteiger partial charge < -0.3 is 16.0 Å². The molecule has 0 spiro atoms. The second-order valence-electron chi connectivity index (χ2n) is 5.06. The molecular weight excluding hydrogens is 297 g/mol. The van der Waals surface area contributed by atoms with Crippen LogP contribution in [0.15, 0.2) is 18.2 Å². The topological polar surface area (TPSA) is 53.2 Å². The van der Waals surface area contributed by atoms with Crippen LogP contribution in [-0.4, -0.2) is 25.2 Å². The molecule has 110 valence electrons. The minimum atomic E-state index is -0.234. The van der Waals surface area contributed by atoms with Crippen molar-refractivity contribution < 1.29 is 4.79 Å². The van der Waals surface area contributed by atoms with E-state index in [0.29, 0.717) is 21.8 Å². The fraction of sp³-hybridized carbons (Fsp3) is 0.500. The number of rotatable bonds is 3. The Morgan fingerprint density at radius 2 is 1.80 bits per heavy atom. The monoisotopic (exact) mass is 315 g/mol. The predicted octanol–water partition coefficient (Wildman–Crippen LogP) is 3.65. The summed E-state index contributed by atoms with van der Waals surface area (Å²) in [6, 6.07) is 5.54. The molecule has 0 aromatic heterocycles. The van der Waals surface area contributed by atoms with Crippen LogP contribution in [0.4, 0.5) is 10.5 Å². The van der Waals surface area contributed by atoms with E-state index in [1.54, 1.807) is 18.2 Å². The van der Waals surface area contributed by atoms with Crippen molar-refractivity contribution >= 4 is 34.9 Å². The third-order valence-corrected chi connectivity index (χ3v) is 4.21. The lowest BCUT2D eigenvalue weighted by molar-refractivity contribution is 0.241. The molecule has 1 aromatic carbocycles. The average molecular weight is 316 g/mol. The lowest BCUT2D eigenvalue weighted by Crippen LogP contribution is -2.43. The molecule has 0 radical (unpaired) electrons. The van der Waals surface area contributed by atoms with Gasteiger partial charge in [0.1, 0.15) is 0 Å². The highest BCUT2D eigenvalue weighted by Gasteiger charge is 2.21. The first-order chi connectivity index (χ1) is 9.58.